The molecule has 4 heteroatoms. The lowest BCUT2D eigenvalue weighted by Gasteiger charge is -2.33. The molecule has 1 saturated heterocycles. The fourth-order valence-electron chi connectivity index (χ4n) is 3.49. The van der Waals surface area contributed by atoms with E-state index in [1.54, 1.807) is 0 Å². The summed E-state index contributed by atoms with van der Waals surface area (Å²) in [6.45, 7) is 8.16. The van der Waals surface area contributed by atoms with Crippen molar-refractivity contribution in [1.29, 1.82) is 0 Å². The van der Waals surface area contributed by atoms with Gasteiger partial charge in [0.25, 0.3) is 0 Å². The molecule has 0 bridgehead atoms. The third-order valence-corrected chi connectivity index (χ3v) is 5.08. The molecule has 0 atom stereocenters. The quantitative estimate of drug-likeness (QED) is 0.614. The fourth-order valence-corrected chi connectivity index (χ4v) is 3.49. The van der Waals surface area contributed by atoms with Crippen molar-refractivity contribution in [2.45, 2.75) is 64.9 Å². The molecule has 0 amide bonds. The highest BCUT2D eigenvalue weighted by molar-refractivity contribution is 5.80. The minimum Gasteiger partial charge on any atom is -0.393 e. The van der Waals surface area contributed by atoms with Gasteiger partial charge in [0.2, 0.25) is 0 Å². The van der Waals surface area contributed by atoms with Crippen LogP contribution < -0.4 is 5.32 Å². The van der Waals surface area contributed by atoms with Crippen LogP contribution in [0.3, 0.4) is 0 Å². The summed E-state index contributed by atoms with van der Waals surface area (Å²) in [6.07, 6.45) is 8.27. The lowest BCUT2D eigenvalue weighted by Crippen LogP contribution is -2.47. The number of piperidine rings is 1. The maximum atomic E-state index is 9.63. The first kappa shape index (κ1) is 15.6. The zero-order valence-corrected chi connectivity index (χ0v) is 13.2. The van der Waals surface area contributed by atoms with Crippen LogP contribution in [0, 0.1) is 5.41 Å². The zero-order valence-electron chi connectivity index (χ0n) is 13.2. The summed E-state index contributed by atoms with van der Waals surface area (Å²) in [4.78, 5) is 7.25. The molecule has 20 heavy (non-hydrogen) atoms. The Morgan fingerprint density at radius 1 is 1.25 bits per heavy atom. The molecule has 0 unspecified atom stereocenters. The smallest absolute Gasteiger partial charge is 0.193 e. The number of guanidine groups is 1. The summed E-state index contributed by atoms with van der Waals surface area (Å²) >= 11 is 0. The van der Waals surface area contributed by atoms with Gasteiger partial charge in [0.1, 0.15) is 0 Å². The maximum absolute atomic E-state index is 9.63. The Hall–Kier alpha value is -0.770. The Bertz CT molecular complexity index is 316. The molecule has 1 aliphatic heterocycles. The summed E-state index contributed by atoms with van der Waals surface area (Å²) in [5, 5.41) is 13.1. The molecule has 2 N–H and O–H groups in total. The van der Waals surface area contributed by atoms with E-state index in [1.807, 2.05) is 0 Å². The number of hydrogen-bond acceptors (Lipinski definition) is 2. The van der Waals surface area contributed by atoms with Gasteiger partial charge in [-0.15, -0.1) is 0 Å². The molecule has 1 saturated carbocycles. The largest absolute Gasteiger partial charge is 0.393 e. The Labute approximate surface area is 123 Å². The topological polar surface area (TPSA) is 47.9 Å². The number of aliphatic imine (C=N–C) groups is 1. The number of nitrogens with one attached hydrogen (secondary N) is 1. The first-order valence-corrected chi connectivity index (χ1v) is 8.40. The first-order chi connectivity index (χ1) is 9.69. The van der Waals surface area contributed by atoms with E-state index in [-0.39, 0.29) is 6.10 Å². The van der Waals surface area contributed by atoms with E-state index in [9.17, 15) is 5.11 Å². The molecular formula is C16H31N3O. The van der Waals surface area contributed by atoms with Crippen LogP contribution in [0.2, 0.25) is 0 Å². The molecule has 1 heterocycles. The van der Waals surface area contributed by atoms with Crippen LogP contribution in [0.5, 0.6) is 0 Å². The average Bonchev–Trinajstić information content (AvgIpc) is 2.94. The van der Waals surface area contributed by atoms with Crippen molar-refractivity contribution in [3.63, 3.8) is 0 Å². The summed E-state index contributed by atoms with van der Waals surface area (Å²) in [6, 6.07) is 0. The van der Waals surface area contributed by atoms with E-state index in [0.717, 1.165) is 45.0 Å². The van der Waals surface area contributed by atoms with Crippen molar-refractivity contribution in [2.75, 3.05) is 26.2 Å². The van der Waals surface area contributed by atoms with E-state index >= 15 is 0 Å². The number of rotatable bonds is 4. The molecule has 0 aromatic heterocycles. The summed E-state index contributed by atoms with van der Waals surface area (Å²) in [7, 11) is 0. The summed E-state index contributed by atoms with van der Waals surface area (Å²) < 4.78 is 0. The molecule has 0 radical (unpaired) electrons. The number of aliphatic hydroxyl groups excluding tert-OH is 1. The minimum absolute atomic E-state index is 0.119. The molecule has 2 rings (SSSR count). The van der Waals surface area contributed by atoms with Crippen molar-refractivity contribution in [2.24, 2.45) is 10.4 Å². The second-order valence-corrected chi connectivity index (χ2v) is 6.45. The number of likely N-dealkylation sites (tertiary alicyclic amines) is 1. The number of hydrogen-bond donors (Lipinski definition) is 2. The highest BCUT2D eigenvalue weighted by Gasteiger charge is 2.32. The fraction of sp³-hybridized carbons (Fsp3) is 0.938. The van der Waals surface area contributed by atoms with Crippen molar-refractivity contribution in [1.82, 2.24) is 10.2 Å². The van der Waals surface area contributed by atoms with Crippen LogP contribution in [0.15, 0.2) is 4.99 Å². The van der Waals surface area contributed by atoms with Crippen molar-refractivity contribution in [3.05, 3.63) is 0 Å². The van der Waals surface area contributed by atoms with Crippen molar-refractivity contribution in [3.8, 4) is 0 Å². The highest BCUT2D eigenvalue weighted by atomic mass is 16.3. The molecule has 0 aromatic carbocycles. The van der Waals surface area contributed by atoms with E-state index in [2.05, 4.69) is 24.1 Å². The van der Waals surface area contributed by atoms with Gasteiger partial charge in [-0.05, 0) is 44.4 Å². The Balaban J connectivity index is 1.98. The van der Waals surface area contributed by atoms with Gasteiger partial charge in [0.15, 0.2) is 5.96 Å². The van der Waals surface area contributed by atoms with E-state index in [4.69, 9.17) is 4.99 Å². The molecule has 2 fully saturated rings. The normalized spacial score (nSPS) is 24.1. The summed E-state index contributed by atoms with van der Waals surface area (Å²) in [5.74, 6) is 1.05. The van der Waals surface area contributed by atoms with Gasteiger partial charge in [-0.3, -0.25) is 4.99 Å². The molecule has 4 nitrogen and oxygen atoms in total. The second kappa shape index (κ2) is 7.30. The predicted octanol–water partition coefficient (Wildman–Crippen LogP) is 2.38. The van der Waals surface area contributed by atoms with Crippen molar-refractivity contribution >= 4 is 5.96 Å². The highest BCUT2D eigenvalue weighted by Crippen LogP contribution is 2.41. The van der Waals surface area contributed by atoms with Gasteiger partial charge < -0.3 is 15.3 Å². The molecule has 1 aliphatic carbocycles. The minimum atomic E-state index is -0.119. The molecule has 0 spiro atoms. The van der Waals surface area contributed by atoms with E-state index in [0.29, 0.717) is 5.41 Å². The molecule has 116 valence electrons. The molecule has 0 aromatic rings. The van der Waals surface area contributed by atoms with Crippen LogP contribution >= 0.6 is 0 Å². The van der Waals surface area contributed by atoms with Gasteiger partial charge in [-0.1, -0.05) is 19.8 Å². The van der Waals surface area contributed by atoms with Gasteiger partial charge in [0, 0.05) is 26.2 Å². The maximum Gasteiger partial charge on any atom is 0.193 e. The van der Waals surface area contributed by atoms with Crippen LogP contribution in [0.25, 0.3) is 0 Å². The van der Waals surface area contributed by atoms with Gasteiger partial charge in [0.05, 0.1) is 6.10 Å². The number of aliphatic hydroxyl groups is 1. The third kappa shape index (κ3) is 3.87. The van der Waals surface area contributed by atoms with Crippen LogP contribution in [-0.4, -0.2) is 48.2 Å². The zero-order chi connectivity index (χ0) is 14.4. The third-order valence-electron chi connectivity index (χ3n) is 5.08. The lowest BCUT2D eigenvalue weighted by molar-refractivity contribution is 0.107. The van der Waals surface area contributed by atoms with Gasteiger partial charge in [-0.2, -0.15) is 0 Å². The van der Waals surface area contributed by atoms with Crippen LogP contribution in [-0.2, 0) is 0 Å². The lowest BCUT2D eigenvalue weighted by atomic mass is 9.83. The van der Waals surface area contributed by atoms with E-state index in [1.165, 1.54) is 32.1 Å². The average molecular weight is 281 g/mol. The SMILES string of the molecule is CCNC(=NCC1(CC)CCCC1)N1CCC(O)CC1. The monoisotopic (exact) mass is 281 g/mol. The van der Waals surface area contributed by atoms with Gasteiger partial charge in [-0.25, -0.2) is 0 Å². The Morgan fingerprint density at radius 2 is 1.90 bits per heavy atom. The van der Waals surface area contributed by atoms with E-state index < -0.39 is 0 Å². The van der Waals surface area contributed by atoms with Crippen LogP contribution in [0.4, 0.5) is 0 Å². The van der Waals surface area contributed by atoms with Gasteiger partial charge >= 0.3 is 0 Å². The van der Waals surface area contributed by atoms with Crippen LogP contribution in [0.1, 0.15) is 58.8 Å². The summed E-state index contributed by atoms with van der Waals surface area (Å²) in [5.41, 5.74) is 0.454. The van der Waals surface area contributed by atoms with Crippen molar-refractivity contribution < 1.29 is 5.11 Å². The standard InChI is InChI=1S/C16H31N3O/c1-3-16(9-5-6-10-16)13-18-15(17-4-2)19-11-7-14(20)8-12-19/h14,20H,3-13H2,1-2H3,(H,17,18). The first-order valence-electron chi connectivity index (χ1n) is 8.40. The Morgan fingerprint density at radius 3 is 2.45 bits per heavy atom. The second-order valence-electron chi connectivity index (χ2n) is 6.45. The predicted molar refractivity (Wildman–Crippen MR) is 84.0 cm³/mol. The number of nitrogens with zero attached hydrogens (tertiary/aromatic N) is 2. The molecule has 2 aliphatic rings. The Kier molecular flexibility index (Phi) is 5.70. The molecular weight excluding hydrogens is 250 g/mol.